The fourth-order valence-corrected chi connectivity index (χ4v) is 2.72. The van der Waals surface area contributed by atoms with E-state index >= 15 is 0 Å². The normalized spacial score (nSPS) is 18.6. The number of hydrogen-bond acceptors (Lipinski definition) is 4. The van der Waals surface area contributed by atoms with Crippen LogP contribution in [0, 0.1) is 0 Å². The Bertz CT molecular complexity index is 443. The van der Waals surface area contributed by atoms with Crippen molar-refractivity contribution in [1.29, 1.82) is 0 Å². The molecule has 1 fully saturated rings. The molecular formula is C17H29ClN2O2. The molecule has 0 aliphatic carbocycles. The van der Waals surface area contributed by atoms with Gasteiger partial charge in [-0.15, -0.1) is 12.4 Å². The van der Waals surface area contributed by atoms with E-state index < -0.39 is 0 Å². The Morgan fingerprint density at radius 2 is 2.09 bits per heavy atom. The molecule has 0 saturated carbocycles. The molecule has 0 aromatic heterocycles. The van der Waals surface area contributed by atoms with Gasteiger partial charge < -0.3 is 14.8 Å². The summed E-state index contributed by atoms with van der Waals surface area (Å²) in [6, 6.07) is 6.76. The van der Waals surface area contributed by atoms with Crippen LogP contribution >= 0.6 is 12.4 Å². The van der Waals surface area contributed by atoms with Gasteiger partial charge in [-0.25, -0.2) is 0 Å². The van der Waals surface area contributed by atoms with Crippen molar-refractivity contribution in [2.24, 2.45) is 0 Å². The molecule has 1 aliphatic heterocycles. The van der Waals surface area contributed by atoms with Crippen LogP contribution in [-0.4, -0.2) is 43.8 Å². The standard InChI is InChI=1S/C17H28N2O2.ClH/c1-4-11-21-17-15(7-6-8-16(17)20-5-2)13-19-10-9-18-14(3)12-19;/h6-8,14,18H,4-5,9-13H2,1-3H3;1H. The van der Waals surface area contributed by atoms with Crippen molar-refractivity contribution in [3.63, 3.8) is 0 Å². The van der Waals surface area contributed by atoms with E-state index in [2.05, 4.69) is 36.2 Å². The maximum Gasteiger partial charge on any atom is 0.165 e. The van der Waals surface area contributed by atoms with E-state index in [0.717, 1.165) is 50.7 Å². The van der Waals surface area contributed by atoms with Gasteiger partial charge in [0.25, 0.3) is 0 Å². The molecule has 1 aliphatic rings. The highest BCUT2D eigenvalue weighted by molar-refractivity contribution is 5.85. The predicted molar refractivity (Wildman–Crippen MR) is 93.4 cm³/mol. The van der Waals surface area contributed by atoms with Gasteiger partial charge in [0.15, 0.2) is 11.5 Å². The van der Waals surface area contributed by atoms with E-state index in [1.807, 2.05) is 13.0 Å². The second-order valence-electron chi connectivity index (χ2n) is 5.62. The molecule has 5 heteroatoms. The lowest BCUT2D eigenvalue weighted by atomic mass is 10.1. The molecule has 1 aromatic rings. The van der Waals surface area contributed by atoms with Crippen molar-refractivity contribution < 1.29 is 9.47 Å². The highest BCUT2D eigenvalue weighted by Gasteiger charge is 2.18. The third kappa shape index (κ3) is 5.34. The van der Waals surface area contributed by atoms with E-state index in [1.165, 1.54) is 5.56 Å². The molecular weight excluding hydrogens is 300 g/mol. The second-order valence-corrected chi connectivity index (χ2v) is 5.62. The van der Waals surface area contributed by atoms with Crippen LogP contribution in [0.5, 0.6) is 11.5 Å². The summed E-state index contributed by atoms with van der Waals surface area (Å²) in [5.74, 6) is 1.79. The number of nitrogens with zero attached hydrogens (tertiary/aromatic N) is 1. The lowest BCUT2D eigenvalue weighted by molar-refractivity contribution is 0.194. The number of hydrogen-bond donors (Lipinski definition) is 1. The molecule has 1 N–H and O–H groups in total. The molecule has 4 nitrogen and oxygen atoms in total. The largest absolute Gasteiger partial charge is 0.490 e. The molecule has 1 unspecified atom stereocenters. The van der Waals surface area contributed by atoms with Crippen molar-refractivity contribution in [2.75, 3.05) is 32.8 Å². The summed E-state index contributed by atoms with van der Waals surface area (Å²) in [7, 11) is 0. The van der Waals surface area contributed by atoms with Crippen LogP contribution in [-0.2, 0) is 6.54 Å². The molecule has 0 spiro atoms. The van der Waals surface area contributed by atoms with Gasteiger partial charge in [0.2, 0.25) is 0 Å². The fourth-order valence-electron chi connectivity index (χ4n) is 2.72. The quantitative estimate of drug-likeness (QED) is 0.834. The Kier molecular flexibility index (Phi) is 8.61. The van der Waals surface area contributed by atoms with Gasteiger partial charge in [0.05, 0.1) is 13.2 Å². The van der Waals surface area contributed by atoms with Crippen molar-refractivity contribution in [3.8, 4) is 11.5 Å². The highest BCUT2D eigenvalue weighted by Crippen LogP contribution is 2.32. The molecule has 0 amide bonds. The van der Waals surface area contributed by atoms with Gasteiger partial charge in [-0.05, 0) is 26.3 Å². The van der Waals surface area contributed by atoms with E-state index in [9.17, 15) is 0 Å². The van der Waals surface area contributed by atoms with Crippen LogP contribution in [0.25, 0.3) is 0 Å². The summed E-state index contributed by atoms with van der Waals surface area (Å²) in [5, 5.41) is 3.48. The average molecular weight is 329 g/mol. The minimum atomic E-state index is 0. The molecule has 22 heavy (non-hydrogen) atoms. The SMILES string of the molecule is CCCOc1c(CN2CCNC(C)C2)cccc1OCC.Cl. The van der Waals surface area contributed by atoms with E-state index in [4.69, 9.17) is 9.47 Å². The van der Waals surface area contributed by atoms with Crippen molar-refractivity contribution >= 4 is 12.4 Å². The van der Waals surface area contributed by atoms with Crippen molar-refractivity contribution in [2.45, 2.75) is 39.8 Å². The summed E-state index contributed by atoms with van der Waals surface area (Å²) >= 11 is 0. The summed E-state index contributed by atoms with van der Waals surface area (Å²) < 4.78 is 11.7. The van der Waals surface area contributed by atoms with Gasteiger partial charge in [-0.3, -0.25) is 4.90 Å². The lowest BCUT2D eigenvalue weighted by Crippen LogP contribution is -2.48. The Hall–Kier alpha value is -0.970. The van der Waals surface area contributed by atoms with Gasteiger partial charge in [0.1, 0.15) is 0 Å². The summed E-state index contributed by atoms with van der Waals surface area (Å²) in [5.41, 5.74) is 1.23. The van der Waals surface area contributed by atoms with Crippen LogP contribution in [0.3, 0.4) is 0 Å². The lowest BCUT2D eigenvalue weighted by Gasteiger charge is -2.32. The number of nitrogens with one attached hydrogen (secondary N) is 1. The molecule has 0 radical (unpaired) electrons. The first-order valence-electron chi connectivity index (χ1n) is 8.07. The zero-order chi connectivity index (χ0) is 15.1. The Labute approximate surface area is 140 Å². The molecule has 2 rings (SSSR count). The highest BCUT2D eigenvalue weighted by atomic mass is 35.5. The molecule has 1 saturated heterocycles. The van der Waals surface area contributed by atoms with E-state index in [-0.39, 0.29) is 12.4 Å². The zero-order valence-electron chi connectivity index (χ0n) is 13.9. The van der Waals surface area contributed by atoms with Crippen LogP contribution in [0.4, 0.5) is 0 Å². The van der Waals surface area contributed by atoms with Gasteiger partial charge in [0, 0.05) is 37.8 Å². The van der Waals surface area contributed by atoms with Crippen molar-refractivity contribution in [3.05, 3.63) is 23.8 Å². The molecule has 1 atom stereocenters. The van der Waals surface area contributed by atoms with Crippen LogP contribution in [0.15, 0.2) is 18.2 Å². The summed E-state index contributed by atoms with van der Waals surface area (Å²) in [6.45, 7) is 11.9. The first-order chi connectivity index (χ1) is 10.2. The third-order valence-electron chi connectivity index (χ3n) is 3.66. The minimum absolute atomic E-state index is 0. The summed E-state index contributed by atoms with van der Waals surface area (Å²) in [4.78, 5) is 2.48. The number of rotatable bonds is 7. The minimum Gasteiger partial charge on any atom is -0.490 e. The summed E-state index contributed by atoms with van der Waals surface area (Å²) in [6.07, 6.45) is 1.00. The maximum atomic E-state index is 5.97. The van der Waals surface area contributed by atoms with Gasteiger partial charge in [-0.2, -0.15) is 0 Å². The van der Waals surface area contributed by atoms with E-state index in [0.29, 0.717) is 12.6 Å². The fraction of sp³-hybridized carbons (Fsp3) is 0.647. The smallest absolute Gasteiger partial charge is 0.165 e. The zero-order valence-corrected chi connectivity index (χ0v) is 14.7. The maximum absolute atomic E-state index is 5.97. The monoisotopic (exact) mass is 328 g/mol. The number of piperazine rings is 1. The molecule has 1 heterocycles. The predicted octanol–water partition coefficient (Wildman–Crippen LogP) is 3.09. The Balaban J connectivity index is 0.00000242. The Morgan fingerprint density at radius 3 is 2.77 bits per heavy atom. The van der Waals surface area contributed by atoms with Crippen LogP contribution in [0.2, 0.25) is 0 Å². The number of benzene rings is 1. The molecule has 0 bridgehead atoms. The Morgan fingerprint density at radius 1 is 1.27 bits per heavy atom. The molecule has 126 valence electrons. The number of ether oxygens (including phenoxy) is 2. The van der Waals surface area contributed by atoms with Crippen LogP contribution in [0.1, 0.15) is 32.8 Å². The van der Waals surface area contributed by atoms with E-state index in [1.54, 1.807) is 0 Å². The number of halogens is 1. The first kappa shape index (κ1) is 19.1. The second kappa shape index (κ2) is 9.93. The van der Waals surface area contributed by atoms with Gasteiger partial charge in [-0.1, -0.05) is 19.1 Å². The van der Waals surface area contributed by atoms with Crippen LogP contribution < -0.4 is 14.8 Å². The van der Waals surface area contributed by atoms with Crippen molar-refractivity contribution in [1.82, 2.24) is 10.2 Å². The first-order valence-corrected chi connectivity index (χ1v) is 8.07. The number of para-hydroxylation sites is 1. The molecule has 1 aromatic carbocycles. The van der Waals surface area contributed by atoms with Gasteiger partial charge >= 0.3 is 0 Å². The topological polar surface area (TPSA) is 33.7 Å². The third-order valence-corrected chi connectivity index (χ3v) is 3.66. The average Bonchev–Trinajstić information content (AvgIpc) is 2.47.